The minimum Gasteiger partial charge on any atom is -0.363 e. The van der Waals surface area contributed by atoms with Crippen LogP contribution in [-0.2, 0) is 6.18 Å². The third-order valence-electron chi connectivity index (χ3n) is 5.42. The Kier molecular flexibility index (Phi) is 4.72. The van der Waals surface area contributed by atoms with Crippen LogP contribution < -0.4 is 14.7 Å². The van der Waals surface area contributed by atoms with E-state index in [1.54, 1.807) is 6.20 Å². The summed E-state index contributed by atoms with van der Waals surface area (Å²) in [6.07, 6.45) is 0.344. The fourth-order valence-electron chi connectivity index (χ4n) is 3.96. The lowest BCUT2D eigenvalue weighted by Gasteiger charge is -2.38. The van der Waals surface area contributed by atoms with E-state index in [0.717, 1.165) is 31.3 Å². The van der Waals surface area contributed by atoms with Gasteiger partial charge in [-0.1, -0.05) is 0 Å². The molecule has 7 nitrogen and oxygen atoms in total. The quantitative estimate of drug-likeness (QED) is 0.794. The zero-order valence-corrected chi connectivity index (χ0v) is 15.8. The summed E-state index contributed by atoms with van der Waals surface area (Å²) in [6, 6.07) is 2.88. The number of hydrogen-bond acceptors (Lipinski definition) is 7. The first-order valence-corrected chi connectivity index (χ1v) is 9.25. The van der Waals surface area contributed by atoms with Crippen molar-refractivity contribution in [1.82, 2.24) is 19.9 Å². The molecule has 0 bridgehead atoms. The number of piperidine rings is 1. The second-order valence-corrected chi connectivity index (χ2v) is 7.39. The number of hydrogen-bond donors (Lipinski definition) is 0. The maximum Gasteiger partial charge on any atom is 0.433 e. The Hall–Kier alpha value is -2.65. The van der Waals surface area contributed by atoms with Gasteiger partial charge in [-0.15, -0.1) is 0 Å². The van der Waals surface area contributed by atoms with Crippen molar-refractivity contribution >= 4 is 17.7 Å². The molecule has 2 aliphatic heterocycles. The van der Waals surface area contributed by atoms with Crippen LogP contribution in [0.3, 0.4) is 0 Å². The van der Waals surface area contributed by atoms with Gasteiger partial charge in [-0.3, -0.25) is 0 Å². The molecule has 4 rings (SSSR count). The van der Waals surface area contributed by atoms with E-state index >= 15 is 0 Å². The maximum absolute atomic E-state index is 13.0. The molecular weight excluding hydrogens is 371 g/mol. The predicted octanol–water partition coefficient (Wildman–Crippen LogP) is 2.46. The molecule has 0 saturated carbocycles. The Bertz CT molecular complexity index is 842. The molecule has 2 saturated heterocycles. The van der Waals surface area contributed by atoms with Crippen LogP contribution in [0.25, 0.3) is 0 Å². The van der Waals surface area contributed by atoms with Gasteiger partial charge in [0.2, 0.25) is 11.9 Å². The lowest BCUT2D eigenvalue weighted by molar-refractivity contribution is -0.141. The molecule has 150 valence electrons. The summed E-state index contributed by atoms with van der Waals surface area (Å²) in [5.74, 6) is 2.07. The van der Waals surface area contributed by atoms with E-state index in [9.17, 15) is 13.2 Å². The van der Waals surface area contributed by atoms with Crippen LogP contribution in [0.1, 0.15) is 18.5 Å². The number of halogens is 3. The number of aromatic nitrogens is 4. The first kappa shape index (κ1) is 18.7. The van der Waals surface area contributed by atoms with Crippen molar-refractivity contribution in [2.45, 2.75) is 25.1 Å². The summed E-state index contributed by atoms with van der Waals surface area (Å²) < 4.78 is 39.0. The Morgan fingerprint density at radius 2 is 1.71 bits per heavy atom. The Balaban J connectivity index is 1.57. The van der Waals surface area contributed by atoms with E-state index in [4.69, 9.17) is 0 Å². The normalized spacial score (nSPS) is 22.3. The van der Waals surface area contributed by atoms with E-state index in [1.807, 2.05) is 30.0 Å². The van der Waals surface area contributed by atoms with Gasteiger partial charge in [0.1, 0.15) is 11.5 Å². The summed E-state index contributed by atoms with van der Waals surface area (Å²) in [4.78, 5) is 22.8. The van der Waals surface area contributed by atoms with Gasteiger partial charge in [-0.25, -0.2) is 15.0 Å². The predicted molar refractivity (Wildman–Crippen MR) is 99.5 cm³/mol. The maximum atomic E-state index is 13.0. The minimum absolute atomic E-state index is 0.128. The molecule has 2 fully saturated rings. The molecule has 2 aromatic heterocycles. The highest BCUT2D eigenvalue weighted by Crippen LogP contribution is 2.35. The molecule has 0 spiro atoms. The van der Waals surface area contributed by atoms with Crippen LogP contribution >= 0.6 is 0 Å². The molecule has 28 heavy (non-hydrogen) atoms. The smallest absolute Gasteiger partial charge is 0.363 e. The van der Waals surface area contributed by atoms with Gasteiger partial charge in [-0.2, -0.15) is 18.2 Å². The van der Waals surface area contributed by atoms with Crippen molar-refractivity contribution in [1.29, 1.82) is 0 Å². The van der Waals surface area contributed by atoms with Gasteiger partial charge in [0.25, 0.3) is 0 Å². The second kappa shape index (κ2) is 7.06. The minimum atomic E-state index is -4.48. The fourth-order valence-corrected chi connectivity index (χ4v) is 3.96. The molecule has 0 N–H and O–H groups in total. The lowest BCUT2D eigenvalue weighted by atomic mass is 9.92. The van der Waals surface area contributed by atoms with Gasteiger partial charge >= 0.3 is 6.18 Å². The summed E-state index contributed by atoms with van der Waals surface area (Å²) in [5.41, 5.74) is -0.912. The van der Waals surface area contributed by atoms with Crippen LogP contribution in [0.4, 0.5) is 30.9 Å². The third-order valence-corrected chi connectivity index (χ3v) is 5.42. The van der Waals surface area contributed by atoms with E-state index < -0.39 is 11.9 Å². The monoisotopic (exact) mass is 393 g/mol. The molecule has 2 aliphatic rings. The summed E-state index contributed by atoms with van der Waals surface area (Å²) in [6.45, 7) is 2.04. The summed E-state index contributed by atoms with van der Waals surface area (Å²) >= 11 is 0. The molecule has 4 heterocycles. The van der Waals surface area contributed by atoms with Crippen molar-refractivity contribution in [3.63, 3.8) is 0 Å². The topological polar surface area (TPSA) is 61.3 Å². The highest BCUT2D eigenvalue weighted by Gasteiger charge is 2.41. The number of anilines is 3. The Morgan fingerprint density at radius 3 is 2.46 bits per heavy atom. The zero-order chi connectivity index (χ0) is 19.9. The van der Waals surface area contributed by atoms with Crippen LogP contribution in [0.2, 0.25) is 0 Å². The molecule has 0 aliphatic carbocycles. The van der Waals surface area contributed by atoms with Gasteiger partial charge in [-0.05, 0) is 30.9 Å². The first-order chi connectivity index (χ1) is 13.3. The zero-order valence-electron chi connectivity index (χ0n) is 15.8. The largest absolute Gasteiger partial charge is 0.433 e. The summed E-state index contributed by atoms with van der Waals surface area (Å²) in [5, 5.41) is 0. The van der Waals surface area contributed by atoms with E-state index in [0.29, 0.717) is 25.0 Å². The van der Waals surface area contributed by atoms with Gasteiger partial charge in [0.05, 0.1) is 6.04 Å². The molecule has 0 aromatic carbocycles. The SMILES string of the molecule is CN(C)c1ccnc(N2CCC3CCN(c4nccc(C(F)(F)F)n4)CC32)n1. The Morgan fingerprint density at radius 1 is 1.00 bits per heavy atom. The van der Waals surface area contributed by atoms with Crippen LogP contribution in [0.15, 0.2) is 24.5 Å². The van der Waals surface area contributed by atoms with Crippen molar-refractivity contribution in [3.8, 4) is 0 Å². The van der Waals surface area contributed by atoms with Crippen molar-refractivity contribution in [3.05, 3.63) is 30.2 Å². The Labute approximate surface area is 161 Å². The third kappa shape index (κ3) is 3.55. The second-order valence-electron chi connectivity index (χ2n) is 7.39. The highest BCUT2D eigenvalue weighted by molar-refractivity contribution is 5.45. The number of alkyl halides is 3. The highest BCUT2D eigenvalue weighted by atomic mass is 19.4. The van der Waals surface area contributed by atoms with Crippen molar-refractivity contribution < 1.29 is 13.2 Å². The average Bonchev–Trinajstić information content (AvgIpc) is 3.11. The molecule has 2 atom stereocenters. The lowest BCUT2D eigenvalue weighted by Crippen LogP contribution is -2.49. The average molecular weight is 393 g/mol. The standard InChI is InChI=1S/C18H22F3N7/c1-26(2)15-4-8-23-17(25-15)28-10-6-12-5-9-27(11-13(12)28)16-22-7-3-14(24-16)18(19,20)21/h3-4,7-8,12-13H,5-6,9-11H2,1-2H3. The number of fused-ring (bicyclic) bond motifs is 1. The molecule has 10 heteroatoms. The number of nitrogens with zero attached hydrogens (tertiary/aromatic N) is 7. The van der Waals surface area contributed by atoms with Crippen LogP contribution in [-0.4, -0.2) is 59.7 Å². The molecule has 2 aromatic rings. The van der Waals surface area contributed by atoms with Gasteiger partial charge in [0, 0.05) is 46.1 Å². The van der Waals surface area contributed by atoms with Crippen LogP contribution in [0, 0.1) is 5.92 Å². The molecular formula is C18H22F3N7. The molecule has 2 unspecified atom stereocenters. The molecule has 0 radical (unpaired) electrons. The van der Waals surface area contributed by atoms with Gasteiger partial charge < -0.3 is 14.7 Å². The van der Waals surface area contributed by atoms with E-state index in [1.165, 1.54) is 6.20 Å². The van der Waals surface area contributed by atoms with E-state index in [2.05, 4.69) is 24.8 Å². The van der Waals surface area contributed by atoms with Crippen molar-refractivity contribution in [2.75, 3.05) is 48.4 Å². The number of rotatable bonds is 3. The molecule has 0 amide bonds. The van der Waals surface area contributed by atoms with E-state index in [-0.39, 0.29) is 12.0 Å². The van der Waals surface area contributed by atoms with Crippen molar-refractivity contribution in [2.24, 2.45) is 5.92 Å². The summed E-state index contributed by atoms with van der Waals surface area (Å²) in [7, 11) is 3.85. The first-order valence-electron chi connectivity index (χ1n) is 9.25. The van der Waals surface area contributed by atoms with Crippen LogP contribution in [0.5, 0.6) is 0 Å². The fraction of sp³-hybridized carbons (Fsp3) is 0.556. The van der Waals surface area contributed by atoms with Gasteiger partial charge in [0.15, 0.2) is 0 Å².